The SMILES string of the molecule is CCCNCc1cc(Cl)ccc1Sc1nc(N)cc(=O)[nH]1. The van der Waals surface area contributed by atoms with Crippen LogP contribution in [0.2, 0.25) is 5.02 Å². The fraction of sp³-hybridized carbons (Fsp3) is 0.286. The molecule has 0 spiro atoms. The van der Waals surface area contributed by atoms with Crippen molar-refractivity contribution in [3.05, 3.63) is 45.2 Å². The first kappa shape index (κ1) is 15.9. The number of nitrogens with one attached hydrogen (secondary N) is 2. The fourth-order valence-electron chi connectivity index (χ4n) is 1.79. The minimum absolute atomic E-state index is 0.209. The molecule has 0 radical (unpaired) electrons. The van der Waals surface area contributed by atoms with Crippen LogP contribution in [0.25, 0.3) is 0 Å². The van der Waals surface area contributed by atoms with Gasteiger partial charge in [0.25, 0.3) is 5.56 Å². The van der Waals surface area contributed by atoms with Gasteiger partial charge in [-0.2, -0.15) is 0 Å². The van der Waals surface area contributed by atoms with E-state index >= 15 is 0 Å². The van der Waals surface area contributed by atoms with Crippen molar-refractivity contribution in [3.63, 3.8) is 0 Å². The molecule has 21 heavy (non-hydrogen) atoms. The van der Waals surface area contributed by atoms with Crippen LogP contribution in [0.3, 0.4) is 0 Å². The van der Waals surface area contributed by atoms with E-state index in [0.29, 0.717) is 16.7 Å². The first-order chi connectivity index (χ1) is 10.1. The van der Waals surface area contributed by atoms with E-state index in [1.807, 2.05) is 18.2 Å². The van der Waals surface area contributed by atoms with Crippen molar-refractivity contribution < 1.29 is 0 Å². The van der Waals surface area contributed by atoms with Gasteiger partial charge in [-0.1, -0.05) is 30.3 Å². The minimum Gasteiger partial charge on any atom is -0.383 e. The van der Waals surface area contributed by atoms with Crippen molar-refractivity contribution >= 4 is 29.2 Å². The van der Waals surface area contributed by atoms with Gasteiger partial charge in [0.15, 0.2) is 5.16 Å². The van der Waals surface area contributed by atoms with Crippen LogP contribution in [0.5, 0.6) is 0 Å². The Hall–Kier alpha value is -1.50. The molecule has 0 aliphatic heterocycles. The van der Waals surface area contributed by atoms with Gasteiger partial charge in [0.05, 0.1) is 0 Å². The maximum atomic E-state index is 11.4. The quantitative estimate of drug-likeness (QED) is 0.562. The van der Waals surface area contributed by atoms with Crippen LogP contribution in [0.1, 0.15) is 18.9 Å². The van der Waals surface area contributed by atoms with E-state index < -0.39 is 0 Å². The molecule has 4 N–H and O–H groups in total. The van der Waals surface area contributed by atoms with Crippen LogP contribution in [0.4, 0.5) is 5.82 Å². The summed E-state index contributed by atoms with van der Waals surface area (Å²) in [5.41, 5.74) is 6.40. The third kappa shape index (κ3) is 4.77. The summed E-state index contributed by atoms with van der Waals surface area (Å²) in [5, 5.41) is 4.49. The number of anilines is 1. The predicted octanol–water partition coefficient (Wildman–Crippen LogP) is 2.66. The van der Waals surface area contributed by atoms with Crippen LogP contribution in [0, 0.1) is 0 Å². The number of benzene rings is 1. The van der Waals surface area contributed by atoms with E-state index in [2.05, 4.69) is 22.2 Å². The van der Waals surface area contributed by atoms with Crippen molar-refractivity contribution in [3.8, 4) is 0 Å². The van der Waals surface area contributed by atoms with Gasteiger partial charge < -0.3 is 16.0 Å². The Kier molecular flexibility index (Phi) is 5.67. The molecule has 0 aliphatic rings. The van der Waals surface area contributed by atoms with Crippen molar-refractivity contribution in [2.24, 2.45) is 0 Å². The lowest BCUT2D eigenvalue weighted by Crippen LogP contribution is -2.14. The average Bonchev–Trinajstić information content (AvgIpc) is 2.41. The summed E-state index contributed by atoms with van der Waals surface area (Å²) in [6, 6.07) is 6.91. The van der Waals surface area contributed by atoms with Gasteiger partial charge in [0, 0.05) is 22.5 Å². The summed E-state index contributed by atoms with van der Waals surface area (Å²) < 4.78 is 0. The average molecular weight is 325 g/mol. The number of nitrogens with two attached hydrogens (primary N) is 1. The van der Waals surface area contributed by atoms with Gasteiger partial charge in [-0.15, -0.1) is 0 Å². The number of hydrogen-bond donors (Lipinski definition) is 3. The molecule has 2 rings (SSSR count). The number of halogens is 1. The molecule has 0 aliphatic carbocycles. The second kappa shape index (κ2) is 7.49. The van der Waals surface area contributed by atoms with Gasteiger partial charge in [-0.05, 0) is 36.7 Å². The highest BCUT2D eigenvalue weighted by atomic mass is 35.5. The molecule has 0 saturated heterocycles. The highest BCUT2D eigenvalue weighted by molar-refractivity contribution is 7.99. The van der Waals surface area contributed by atoms with Gasteiger partial charge in [-0.25, -0.2) is 4.98 Å². The molecular weight excluding hydrogens is 308 g/mol. The number of aromatic nitrogens is 2. The lowest BCUT2D eigenvalue weighted by Gasteiger charge is -2.10. The summed E-state index contributed by atoms with van der Waals surface area (Å²) in [6.07, 6.45) is 1.06. The van der Waals surface area contributed by atoms with E-state index in [1.54, 1.807) is 0 Å². The van der Waals surface area contributed by atoms with Crippen molar-refractivity contribution in [1.82, 2.24) is 15.3 Å². The number of nitrogen functional groups attached to an aromatic ring is 1. The molecule has 7 heteroatoms. The second-order valence-electron chi connectivity index (χ2n) is 4.51. The first-order valence-electron chi connectivity index (χ1n) is 6.62. The molecule has 1 heterocycles. The van der Waals surface area contributed by atoms with Crippen molar-refractivity contribution in [2.45, 2.75) is 29.9 Å². The van der Waals surface area contributed by atoms with Crippen LogP contribution < -0.4 is 16.6 Å². The highest BCUT2D eigenvalue weighted by Gasteiger charge is 2.08. The molecule has 0 unspecified atom stereocenters. The van der Waals surface area contributed by atoms with E-state index in [9.17, 15) is 4.79 Å². The molecule has 0 bridgehead atoms. The molecule has 1 aromatic heterocycles. The van der Waals surface area contributed by atoms with Crippen LogP contribution in [0.15, 0.2) is 39.1 Å². The standard InChI is InChI=1S/C14H17ClN4OS/c1-2-5-17-8-9-6-10(15)3-4-11(9)21-14-18-12(16)7-13(20)19-14/h3-4,6-7,17H,2,5,8H2,1H3,(H3,16,18,19,20). The topological polar surface area (TPSA) is 83.8 Å². The molecule has 0 fully saturated rings. The summed E-state index contributed by atoms with van der Waals surface area (Å²) in [5.74, 6) is 0.209. The maximum Gasteiger partial charge on any atom is 0.253 e. The van der Waals surface area contributed by atoms with E-state index in [1.165, 1.54) is 17.8 Å². The van der Waals surface area contributed by atoms with E-state index in [0.717, 1.165) is 23.4 Å². The van der Waals surface area contributed by atoms with Crippen LogP contribution >= 0.6 is 23.4 Å². The van der Waals surface area contributed by atoms with Crippen molar-refractivity contribution in [2.75, 3.05) is 12.3 Å². The summed E-state index contributed by atoms with van der Waals surface area (Å²) in [7, 11) is 0. The zero-order valence-corrected chi connectivity index (χ0v) is 13.2. The lowest BCUT2D eigenvalue weighted by atomic mass is 10.2. The van der Waals surface area contributed by atoms with Gasteiger partial charge in [-0.3, -0.25) is 4.79 Å². The Labute approximate surface area is 132 Å². The van der Waals surface area contributed by atoms with Crippen molar-refractivity contribution in [1.29, 1.82) is 0 Å². The summed E-state index contributed by atoms with van der Waals surface area (Å²) in [6.45, 7) is 3.76. The minimum atomic E-state index is -0.260. The summed E-state index contributed by atoms with van der Waals surface area (Å²) in [4.78, 5) is 19.2. The molecule has 0 amide bonds. The van der Waals surface area contributed by atoms with Crippen LogP contribution in [-0.2, 0) is 6.54 Å². The smallest absolute Gasteiger partial charge is 0.253 e. The predicted molar refractivity (Wildman–Crippen MR) is 86.8 cm³/mol. The lowest BCUT2D eigenvalue weighted by molar-refractivity contribution is 0.669. The number of hydrogen-bond acceptors (Lipinski definition) is 5. The Morgan fingerprint density at radius 2 is 2.24 bits per heavy atom. The molecule has 112 valence electrons. The third-order valence-electron chi connectivity index (χ3n) is 2.71. The zero-order valence-electron chi connectivity index (χ0n) is 11.6. The molecule has 5 nitrogen and oxygen atoms in total. The van der Waals surface area contributed by atoms with Gasteiger partial charge in [0.1, 0.15) is 5.82 Å². The number of nitrogens with zero attached hydrogens (tertiary/aromatic N) is 1. The normalized spacial score (nSPS) is 10.8. The summed E-state index contributed by atoms with van der Waals surface area (Å²) >= 11 is 7.42. The maximum absolute atomic E-state index is 11.4. The zero-order chi connectivity index (χ0) is 15.2. The molecule has 0 atom stereocenters. The number of rotatable bonds is 6. The second-order valence-corrected chi connectivity index (χ2v) is 5.97. The van der Waals surface area contributed by atoms with Gasteiger partial charge >= 0.3 is 0 Å². The largest absolute Gasteiger partial charge is 0.383 e. The Morgan fingerprint density at radius 1 is 1.43 bits per heavy atom. The Morgan fingerprint density at radius 3 is 2.95 bits per heavy atom. The molecule has 2 aromatic rings. The Balaban J connectivity index is 2.23. The first-order valence-corrected chi connectivity index (χ1v) is 7.81. The molecular formula is C14H17ClN4OS. The van der Waals surface area contributed by atoms with Crippen LogP contribution in [-0.4, -0.2) is 16.5 Å². The number of aromatic amines is 1. The van der Waals surface area contributed by atoms with E-state index in [4.69, 9.17) is 17.3 Å². The van der Waals surface area contributed by atoms with E-state index in [-0.39, 0.29) is 11.4 Å². The van der Waals surface area contributed by atoms with Gasteiger partial charge in [0.2, 0.25) is 0 Å². The monoisotopic (exact) mass is 324 g/mol. The molecule has 1 aromatic carbocycles. The molecule has 0 saturated carbocycles. The third-order valence-corrected chi connectivity index (χ3v) is 3.95. The fourth-order valence-corrected chi connectivity index (χ4v) is 2.90. The number of H-pyrrole nitrogens is 1. The highest BCUT2D eigenvalue weighted by Crippen LogP contribution is 2.29. The Bertz CT molecular complexity index is 674.